The van der Waals surface area contributed by atoms with Crippen LogP contribution in [0.15, 0.2) is 6.07 Å². The molecule has 1 aromatic heterocycles. The molecule has 2 heterocycles. The Balaban J connectivity index is 1.97. The van der Waals surface area contributed by atoms with Crippen molar-refractivity contribution in [1.82, 2.24) is 10.3 Å². The van der Waals surface area contributed by atoms with Crippen molar-refractivity contribution in [2.75, 3.05) is 19.8 Å². The minimum atomic E-state index is -0.172. The van der Waals surface area contributed by atoms with Gasteiger partial charge in [-0.15, -0.1) is 0 Å². The number of nitrogens with one attached hydrogen (secondary N) is 1. The number of ether oxygens (including phenoxy) is 1. The molecule has 0 bridgehead atoms. The highest BCUT2D eigenvalue weighted by Gasteiger charge is 2.17. The number of rotatable bonds is 3. The van der Waals surface area contributed by atoms with Gasteiger partial charge < -0.3 is 10.1 Å². The summed E-state index contributed by atoms with van der Waals surface area (Å²) < 4.78 is 5.38. The molecular formula is C13H16Cl2N2O2. The highest BCUT2D eigenvalue weighted by atomic mass is 35.5. The zero-order chi connectivity index (χ0) is 13.8. The normalized spacial score (nSPS) is 19.2. The number of halogens is 2. The molecule has 0 aromatic carbocycles. The number of aryl methyl sites for hydroxylation is 1. The molecule has 1 amide bonds. The topological polar surface area (TPSA) is 51.2 Å². The van der Waals surface area contributed by atoms with E-state index >= 15 is 0 Å². The summed E-state index contributed by atoms with van der Waals surface area (Å²) in [5.41, 5.74) is 1.04. The minimum absolute atomic E-state index is 0.172. The number of carbonyl (C=O) groups excluding carboxylic acids is 1. The average Bonchev–Trinajstić information content (AvgIpc) is 2.41. The van der Waals surface area contributed by atoms with Crippen LogP contribution in [0.1, 0.15) is 28.9 Å². The van der Waals surface area contributed by atoms with Gasteiger partial charge in [0.1, 0.15) is 5.15 Å². The van der Waals surface area contributed by atoms with Crippen LogP contribution in [0.5, 0.6) is 0 Å². The SMILES string of the molecule is Cc1nc(Cl)c(Cl)cc1C(=O)NCC1CCCOC1. The standard InChI is InChI=1S/C13H16Cl2N2O2/c1-8-10(5-11(14)12(15)17-8)13(18)16-6-9-3-2-4-19-7-9/h5,9H,2-4,6-7H2,1H3,(H,16,18). The largest absolute Gasteiger partial charge is 0.381 e. The molecule has 6 heteroatoms. The summed E-state index contributed by atoms with van der Waals surface area (Å²) >= 11 is 11.7. The first-order valence-electron chi connectivity index (χ1n) is 6.26. The maximum atomic E-state index is 12.1. The van der Waals surface area contributed by atoms with Crippen LogP contribution < -0.4 is 5.32 Å². The van der Waals surface area contributed by atoms with E-state index in [1.165, 1.54) is 0 Å². The van der Waals surface area contributed by atoms with E-state index in [0.717, 1.165) is 19.4 Å². The van der Waals surface area contributed by atoms with Crippen LogP contribution in [0.4, 0.5) is 0 Å². The third kappa shape index (κ3) is 3.81. The Bertz CT molecular complexity index is 474. The Kier molecular flexibility index (Phi) is 5.02. The minimum Gasteiger partial charge on any atom is -0.381 e. The molecular weight excluding hydrogens is 287 g/mol. The predicted molar refractivity (Wildman–Crippen MR) is 74.9 cm³/mol. The Labute approximate surface area is 122 Å². The zero-order valence-electron chi connectivity index (χ0n) is 10.7. The molecule has 1 atom stereocenters. The van der Waals surface area contributed by atoms with Gasteiger partial charge in [0.15, 0.2) is 0 Å². The molecule has 19 heavy (non-hydrogen) atoms. The molecule has 1 fully saturated rings. The highest BCUT2D eigenvalue weighted by molar-refractivity contribution is 6.41. The Morgan fingerprint density at radius 2 is 2.37 bits per heavy atom. The molecule has 0 aliphatic carbocycles. The number of pyridine rings is 1. The van der Waals surface area contributed by atoms with E-state index in [9.17, 15) is 4.79 Å². The lowest BCUT2D eigenvalue weighted by molar-refractivity contribution is 0.0536. The van der Waals surface area contributed by atoms with Gasteiger partial charge in [0.25, 0.3) is 5.91 Å². The van der Waals surface area contributed by atoms with Gasteiger partial charge in [0, 0.05) is 13.2 Å². The van der Waals surface area contributed by atoms with E-state index < -0.39 is 0 Å². The number of hydrogen-bond donors (Lipinski definition) is 1. The quantitative estimate of drug-likeness (QED) is 0.874. The maximum absolute atomic E-state index is 12.1. The van der Waals surface area contributed by atoms with E-state index in [0.29, 0.717) is 35.3 Å². The molecule has 4 nitrogen and oxygen atoms in total. The number of amides is 1. The Hall–Kier alpha value is -0.840. The van der Waals surface area contributed by atoms with Crippen LogP contribution in [-0.2, 0) is 4.74 Å². The zero-order valence-corrected chi connectivity index (χ0v) is 12.2. The Morgan fingerprint density at radius 3 is 3.05 bits per heavy atom. The summed E-state index contributed by atoms with van der Waals surface area (Å²) in [6, 6.07) is 1.55. The second-order valence-electron chi connectivity index (χ2n) is 4.69. The number of carbonyl (C=O) groups is 1. The number of hydrogen-bond acceptors (Lipinski definition) is 3. The predicted octanol–water partition coefficient (Wildman–Crippen LogP) is 2.85. The smallest absolute Gasteiger partial charge is 0.253 e. The highest BCUT2D eigenvalue weighted by Crippen LogP contribution is 2.22. The van der Waals surface area contributed by atoms with E-state index in [-0.39, 0.29) is 11.1 Å². The lowest BCUT2D eigenvalue weighted by Gasteiger charge is -2.22. The summed E-state index contributed by atoms with van der Waals surface area (Å²) in [4.78, 5) is 16.1. The fourth-order valence-electron chi connectivity index (χ4n) is 2.08. The molecule has 1 aliphatic heterocycles. The van der Waals surface area contributed by atoms with Gasteiger partial charge >= 0.3 is 0 Å². The molecule has 1 unspecified atom stereocenters. The summed E-state index contributed by atoms with van der Waals surface area (Å²) in [6.45, 7) is 3.87. The first-order valence-corrected chi connectivity index (χ1v) is 7.02. The van der Waals surface area contributed by atoms with Crippen LogP contribution in [0.25, 0.3) is 0 Å². The van der Waals surface area contributed by atoms with Gasteiger partial charge in [0.2, 0.25) is 0 Å². The van der Waals surface area contributed by atoms with Crippen molar-refractivity contribution in [1.29, 1.82) is 0 Å². The molecule has 1 aliphatic rings. The lowest BCUT2D eigenvalue weighted by Crippen LogP contribution is -2.33. The fraction of sp³-hybridized carbons (Fsp3) is 0.538. The maximum Gasteiger partial charge on any atom is 0.253 e. The van der Waals surface area contributed by atoms with Crippen LogP contribution in [0.3, 0.4) is 0 Å². The summed E-state index contributed by atoms with van der Waals surface area (Å²) in [5, 5.41) is 3.40. The Morgan fingerprint density at radius 1 is 1.58 bits per heavy atom. The molecule has 0 spiro atoms. The van der Waals surface area contributed by atoms with Gasteiger partial charge in [0.05, 0.1) is 22.9 Å². The fourth-order valence-corrected chi connectivity index (χ4v) is 2.41. The van der Waals surface area contributed by atoms with E-state index in [1.54, 1.807) is 13.0 Å². The van der Waals surface area contributed by atoms with Crippen molar-refractivity contribution in [3.05, 3.63) is 27.5 Å². The van der Waals surface area contributed by atoms with Crippen molar-refractivity contribution in [3.63, 3.8) is 0 Å². The molecule has 1 N–H and O–H groups in total. The van der Waals surface area contributed by atoms with Crippen LogP contribution >= 0.6 is 23.2 Å². The number of aromatic nitrogens is 1. The second-order valence-corrected chi connectivity index (χ2v) is 5.45. The molecule has 1 aromatic rings. The average molecular weight is 303 g/mol. The molecule has 0 radical (unpaired) electrons. The van der Waals surface area contributed by atoms with Crippen molar-refractivity contribution < 1.29 is 9.53 Å². The second kappa shape index (κ2) is 6.55. The van der Waals surface area contributed by atoms with Gasteiger partial charge in [-0.3, -0.25) is 4.79 Å². The van der Waals surface area contributed by atoms with Gasteiger partial charge in [-0.1, -0.05) is 23.2 Å². The summed E-state index contributed by atoms with van der Waals surface area (Å²) in [5.74, 6) is 0.211. The van der Waals surface area contributed by atoms with Gasteiger partial charge in [-0.2, -0.15) is 0 Å². The lowest BCUT2D eigenvalue weighted by atomic mass is 10.0. The van der Waals surface area contributed by atoms with Gasteiger partial charge in [-0.05, 0) is 31.7 Å². The van der Waals surface area contributed by atoms with Crippen molar-refractivity contribution in [2.45, 2.75) is 19.8 Å². The van der Waals surface area contributed by atoms with Crippen LogP contribution in [0.2, 0.25) is 10.2 Å². The third-order valence-electron chi connectivity index (χ3n) is 3.17. The van der Waals surface area contributed by atoms with Crippen LogP contribution in [0, 0.1) is 12.8 Å². The van der Waals surface area contributed by atoms with Crippen molar-refractivity contribution >= 4 is 29.1 Å². The summed E-state index contributed by atoms with van der Waals surface area (Å²) in [7, 11) is 0. The molecule has 104 valence electrons. The summed E-state index contributed by atoms with van der Waals surface area (Å²) in [6.07, 6.45) is 2.13. The van der Waals surface area contributed by atoms with Gasteiger partial charge in [-0.25, -0.2) is 4.98 Å². The number of nitrogens with zero attached hydrogens (tertiary/aromatic N) is 1. The monoisotopic (exact) mass is 302 g/mol. The third-order valence-corrected chi connectivity index (χ3v) is 3.85. The molecule has 1 saturated heterocycles. The molecule has 0 saturated carbocycles. The van der Waals surface area contributed by atoms with E-state index in [4.69, 9.17) is 27.9 Å². The van der Waals surface area contributed by atoms with Crippen molar-refractivity contribution in [2.24, 2.45) is 5.92 Å². The van der Waals surface area contributed by atoms with E-state index in [2.05, 4.69) is 10.3 Å². The first kappa shape index (κ1) is 14.6. The molecule has 2 rings (SSSR count). The van der Waals surface area contributed by atoms with Crippen LogP contribution in [-0.4, -0.2) is 30.6 Å². The van der Waals surface area contributed by atoms with E-state index in [1.807, 2.05) is 0 Å². The van der Waals surface area contributed by atoms with Crippen molar-refractivity contribution in [3.8, 4) is 0 Å². The first-order chi connectivity index (χ1) is 9.08.